The maximum atomic E-state index is 13.1. The van der Waals surface area contributed by atoms with Crippen molar-refractivity contribution in [2.45, 2.75) is 10.9 Å². The number of benzene rings is 2. The first-order chi connectivity index (χ1) is 13.0. The molecule has 1 aliphatic heterocycles. The Hall–Kier alpha value is -2.47. The summed E-state index contributed by atoms with van der Waals surface area (Å²) in [7, 11) is -2.07. The van der Waals surface area contributed by atoms with E-state index in [-0.39, 0.29) is 23.8 Å². The van der Waals surface area contributed by atoms with E-state index >= 15 is 0 Å². The molecule has 1 aliphatic rings. The van der Waals surface area contributed by atoms with Gasteiger partial charge in [-0.05, 0) is 42.0 Å². The van der Waals surface area contributed by atoms with Crippen molar-refractivity contribution in [1.82, 2.24) is 9.21 Å². The molecular formula is C19H20FN3O3S. The van der Waals surface area contributed by atoms with E-state index in [1.165, 1.54) is 35.7 Å². The van der Waals surface area contributed by atoms with E-state index in [0.717, 1.165) is 0 Å². The maximum Gasteiger partial charge on any atom is 0.243 e. The molecule has 0 radical (unpaired) electrons. The smallest absolute Gasteiger partial charge is 0.243 e. The van der Waals surface area contributed by atoms with Crippen LogP contribution in [0.5, 0.6) is 5.75 Å². The van der Waals surface area contributed by atoms with Crippen LogP contribution in [0.2, 0.25) is 0 Å². The number of rotatable bonds is 5. The summed E-state index contributed by atoms with van der Waals surface area (Å²) in [5.74, 6) is 0.237. The van der Waals surface area contributed by atoms with Gasteiger partial charge in [0.1, 0.15) is 17.6 Å². The van der Waals surface area contributed by atoms with Crippen LogP contribution in [0.4, 0.5) is 4.39 Å². The Morgan fingerprint density at radius 3 is 2.15 bits per heavy atom. The molecule has 2 aromatic carbocycles. The highest BCUT2D eigenvalue weighted by molar-refractivity contribution is 7.89. The van der Waals surface area contributed by atoms with E-state index in [4.69, 9.17) is 4.74 Å². The van der Waals surface area contributed by atoms with Crippen molar-refractivity contribution >= 4 is 10.0 Å². The Morgan fingerprint density at radius 2 is 1.63 bits per heavy atom. The largest absolute Gasteiger partial charge is 0.497 e. The Balaban J connectivity index is 1.70. The molecule has 1 fully saturated rings. The van der Waals surface area contributed by atoms with Crippen LogP contribution in [0.3, 0.4) is 0 Å². The summed E-state index contributed by atoms with van der Waals surface area (Å²) in [5.41, 5.74) is 0.699. The van der Waals surface area contributed by atoms with Gasteiger partial charge in [0.05, 0.1) is 18.1 Å². The van der Waals surface area contributed by atoms with Crippen LogP contribution in [0.15, 0.2) is 53.4 Å². The van der Waals surface area contributed by atoms with E-state index in [1.807, 2.05) is 4.90 Å². The summed E-state index contributed by atoms with van der Waals surface area (Å²) in [5, 5.41) is 9.53. The molecule has 0 bridgehead atoms. The van der Waals surface area contributed by atoms with Crippen LogP contribution in [-0.2, 0) is 10.0 Å². The van der Waals surface area contributed by atoms with Crippen molar-refractivity contribution in [2.24, 2.45) is 0 Å². The highest BCUT2D eigenvalue weighted by Crippen LogP contribution is 2.25. The first-order valence-electron chi connectivity index (χ1n) is 8.49. The van der Waals surface area contributed by atoms with Crippen molar-refractivity contribution < 1.29 is 17.5 Å². The molecule has 0 aliphatic carbocycles. The number of methoxy groups -OCH3 is 1. The molecule has 0 N–H and O–H groups in total. The molecular weight excluding hydrogens is 369 g/mol. The number of hydrogen-bond donors (Lipinski definition) is 0. The van der Waals surface area contributed by atoms with Gasteiger partial charge in [0.2, 0.25) is 10.0 Å². The quantitative estimate of drug-likeness (QED) is 0.785. The molecule has 0 saturated carbocycles. The monoisotopic (exact) mass is 389 g/mol. The second kappa shape index (κ2) is 8.05. The predicted molar refractivity (Wildman–Crippen MR) is 98.1 cm³/mol. The number of nitriles is 1. The van der Waals surface area contributed by atoms with E-state index in [1.54, 1.807) is 24.3 Å². The summed E-state index contributed by atoms with van der Waals surface area (Å²) in [6.07, 6.45) is 0. The van der Waals surface area contributed by atoms with Gasteiger partial charge in [-0.2, -0.15) is 9.57 Å². The van der Waals surface area contributed by atoms with Gasteiger partial charge in [-0.1, -0.05) is 12.1 Å². The lowest BCUT2D eigenvalue weighted by molar-refractivity contribution is 0.162. The summed E-state index contributed by atoms with van der Waals surface area (Å²) >= 11 is 0. The third-order valence-corrected chi connectivity index (χ3v) is 6.56. The topological polar surface area (TPSA) is 73.6 Å². The minimum atomic E-state index is -3.59. The molecule has 3 rings (SSSR count). The van der Waals surface area contributed by atoms with Crippen LogP contribution in [0, 0.1) is 17.1 Å². The predicted octanol–water partition coefficient (Wildman–Crippen LogP) is 2.41. The number of piperazine rings is 1. The molecule has 0 aromatic heterocycles. The zero-order chi connectivity index (χ0) is 19.4. The first-order valence-corrected chi connectivity index (χ1v) is 9.93. The molecule has 8 heteroatoms. The molecule has 0 amide bonds. The van der Waals surface area contributed by atoms with Gasteiger partial charge < -0.3 is 4.74 Å². The molecule has 6 nitrogen and oxygen atoms in total. The van der Waals surface area contributed by atoms with Gasteiger partial charge in [-0.25, -0.2) is 12.8 Å². The van der Waals surface area contributed by atoms with Crippen LogP contribution < -0.4 is 4.74 Å². The normalized spacial score (nSPS) is 17.2. The van der Waals surface area contributed by atoms with Gasteiger partial charge in [-0.3, -0.25) is 4.90 Å². The molecule has 1 heterocycles. The minimum Gasteiger partial charge on any atom is -0.497 e. The average molecular weight is 389 g/mol. The van der Waals surface area contributed by atoms with Gasteiger partial charge in [0.15, 0.2) is 0 Å². The standard InChI is InChI=1S/C19H20FN3O3S/c1-26-17-6-8-18(9-7-17)27(24,25)23-12-10-22(11-13-23)19(14-21)15-2-4-16(20)5-3-15/h2-9,19H,10-13H2,1H3/t19-/m1/s1. The lowest BCUT2D eigenvalue weighted by Crippen LogP contribution is -2.49. The Kier molecular flexibility index (Phi) is 5.75. The molecule has 142 valence electrons. The zero-order valence-electron chi connectivity index (χ0n) is 14.9. The van der Waals surface area contributed by atoms with Gasteiger partial charge >= 0.3 is 0 Å². The van der Waals surface area contributed by atoms with E-state index in [0.29, 0.717) is 24.4 Å². The fourth-order valence-corrected chi connectivity index (χ4v) is 4.53. The fraction of sp³-hybridized carbons (Fsp3) is 0.316. The number of sulfonamides is 1. The van der Waals surface area contributed by atoms with Crippen molar-refractivity contribution in [3.63, 3.8) is 0 Å². The Labute approximate surface area is 158 Å². The van der Waals surface area contributed by atoms with E-state index < -0.39 is 16.1 Å². The van der Waals surface area contributed by atoms with Crippen molar-refractivity contribution in [3.8, 4) is 11.8 Å². The summed E-state index contributed by atoms with van der Waals surface area (Å²) < 4.78 is 45.2. The average Bonchev–Trinajstić information content (AvgIpc) is 2.70. The van der Waals surface area contributed by atoms with Crippen LogP contribution >= 0.6 is 0 Å². The molecule has 1 saturated heterocycles. The number of nitrogens with zero attached hydrogens (tertiary/aromatic N) is 3. The SMILES string of the molecule is COc1ccc(S(=O)(=O)N2CCN([C@H](C#N)c3ccc(F)cc3)CC2)cc1. The first kappa shape index (κ1) is 19.3. The minimum absolute atomic E-state index is 0.215. The summed E-state index contributed by atoms with van der Waals surface area (Å²) in [4.78, 5) is 2.12. The van der Waals surface area contributed by atoms with Gasteiger partial charge in [0, 0.05) is 26.2 Å². The zero-order valence-corrected chi connectivity index (χ0v) is 15.7. The highest BCUT2D eigenvalue weighted by Gasteiger charge is 2.31. The van der Waals surface area contributed by atoms with Crippen molar-refractivity contribution in [2.75, 3.05) is 33.3 Å². The highest BCUT2D eigenvalue weighted by atomic mass is 32.2. The van der Waals surface area contributed by atoms with Crippen molar-refractivity contribution in [1.29, 1.82) is 5.26 Å². The molecule has 0 spiro atoms. The third-order valence-electron chi connectivity index (χ3n) is 4.64. The van der Waals surface area contributed by atoms with Crippen molar-refractivity contribution in [3.05, 3.63) is 59.9 Å². The lowest BCUT2D eigenvalue weighted by Gasteiger charge is -2.36. The molecule has 1 atom stereocenters. The van der Waals surface area contributed by atoms with Crippen LogP contribution in [-0.4, -0.2) is 50.9 Å². The van der Waals surface area contributed by atoms with E-state index in [2.05, 4.69) is 6.07 Å². The second-order valence-electron chi connectivity index (χ2n) is 6.20. The van der Waals surface area contributed by atoms with Gasteiger partial charge in [0.25, 0.3) is 0 Å². The molecule has 27 heavy (non-hydrogen) atoms. The molecule has 0 unspecified atom stereocenters. The number of ether oxygens (including phenoxy) is 1. The van der Waals surface area contributed by atoms with Crippen LogP contribution in [0.25, 0.3) is 0 Å². The second-order valence-corrected chi connectivity index (χ2v) is 8.14. The fourth-order valence-electron chi connectivity index (χ4n) is 3.11. The van der Waals surface area contributed by atoms with Crippen LogP contribution in [0.1, 0.15) is 11.6 Å². The lowest BCUT2D eigenvalue weighted by atomic mass is 10.1. The Morgan fingerprint density at radius 1 is 1.04 bits per heavy atom. The Bertz CT molecular complexity index is 916. The van der Waals surface area contributed by atoms with Gasteiger partial charge in [-0.15, -0.1) is 0 Å². The number of halogens is 1. The molecule has 2 aromatic rings. The summed E-state index contributed by atoms with van der Waals surface area (Å²) in [6.45, 7) is 1.41. The van der Waals surface area contributed by atoms with E-state index in [9.17, 15) is 18.1 Å². The third kappa shape index (κ3) is 4.11. The maximum absolute atomic E-state index is 13.1. The summed E-state index contributed by atoms with van der Waals surface area (Å²) in [6, 6.07) is 13.8. The number of hydrogen-bond acceptors (Lipinski definition) is 5.